The van der Waals surface area contributed by atoms with Crippen LogP contribution < -0.4 is 10.6 Å². The summed E-state index contributed by atoms with van der Waals surface area (Å²) in [5.41, 5.74) is 3.95. The molecule has 2 amide bonds. The third-order valence-electron chi connectivity index (χ3n) is 5.06. The number of para-hydroxylation sites is 2. The summed E-state index contributed by atoms with van der Waals surface area (Å²) in [6, 6.07) is 19.3. The molecule has 1 atom stereocenters. The van der Waals surface area contributed by atoms with Crippen molar-refractivity contribution in [2.24, 2.45) is 0 Å². The number of aromatic amines is 1. The predicted octanol–water partition coefficient (Wildman–Crippen LogP) is 4.76. The van der Waals surface area contributed by atoms with Gasteiger partial charge in [0.25, 0.3) is 0 Å². The van der Waals surface area contributed by atoms with E-state index in [2.05, 4.69) is 20.6 Å². The van der Waals surface area contributed by atoms with E-state index < -0.39 is 23.7 Å². The van der Waals surface area contributed by atoms with Gasteiger partial charge in [-0.2, -0.15) is 0 Å². The first-order valence-electron chi connectivity index (χ1n) is 9.37. The molecule has 0 spiro atoms. The largest absolute Gasteiger partial charge is 0.338 e. The Kier molecular flexibility index (Phi) is 4.28. The first-order chi connectivity index (χ1) is 14.6. The Labute approximate surface area is 170 Å². The van der Waals surface area contributed by atoms with Crippen molar-refractivity contribution in [3.63, 3.8) is 0 Å². The van der Waals surface area contributed by atoms with Gasteiger partial charge in [-0.15, -0.1) is 0 Å². The van der Waals surface area contributed by atoms with Crippen LogP contribution in [0.5, 0.6) is 0 Å². The molecular weight excluding hydrogens is 386 g/mol. The smallest absolute Gasteiger partial charge is 0.320 e. The molecule has 5 rings (SSSR count). The van der Waals surface area contributed by atoms with Gasteiger partial charge in [0.2, 0.25) is 0 Å². The van der Waals surface area contributed by atoms with Gasteiger partial charge in [0.1, 0.15) is 5.82 Å². The summed E-state index contributed by atoms with van der Waals surface area (Å²) in [5, 5.41) is 5.67. The third kappa shape index (κ3) is 3.10. The highest BCUT2D eigenvalue weighted by molar-refractivity contribution is 6.02. The Bertz CT molecular complexity index is 1260. The van der Waals surface area contributed by atoms with Crippen molar-refractivity contribution in [1.82, 2.24) is 20.6 Å². The monoisotopic (exact) mass is 402 g/mol. The molecule has 3 N–H and O–H groups in total. The number of rotatable bonds is 3. The molecule has 7 heteroatoms. The van der Waals surface area contributed by atoms with Gasteiger partial charge < -0.3 is 15.6 Å². The Morgan fingerprint density at radius 3 is 2.40 bits per heavy atom. The molecule has 148 valence electrons. The SMILES string of the molecule is O=C1NC(c2ccccc2)=C(c2nc3ccccc3[nH]2)C(c2ccc(F)c(F)c2)N1. The van der Waals surface area contributed by atoms with Gasteiger partial charge in [0.15, 0.2) is 11.6 Å². The summed E-state index contributed by atoms with van der Waals surface area (Å²) < 4.78 is 27.5. The van der Waals surface area contributed by atoms with E-state index in [1.54, 1.807) is 0 Å². The second-order valence-corrected chi connectivity index (χ2v) is 6.96. The number of carbonyl (C=O) groups is 1. The molecule has 3 aromatic carbocycles. The van der Waals surface area contributed by atoms with E-state index in [1.165, 1.54) is 6.07 Å². The number of hydrogen-bond acceptors (Lipinski definition) is 2. The lowest BCUT2D eigenvalue weighted by atomic mass is 9.92. The molecule has 1 unspecified atom stereocenters. The van der Waals surface area contributed by atoms with Crippen LogP contribution in [0.2, 0.25) is 0 Å². The molecule has 1 aliphatic heterocycles. The zero-order valence-corrected chi connectivity index (χ0v) is 15.6. The minimum Gasteiger partial charge on any atom is -0.338 e. The van der Waals surface area contributed by atoms with Crippen LogP contribution in [0.15, 0.2) is 72.8 Å². The Balaban J connectivity index is 1.77. The molecule has 2 heterocycles. The van der Waals surface area contributed by atoms with Crippen molar-refractivity contribution in [3.05, 3.63) is 101 Å². The zero-order chi connectivity index (χ0) is 20.7. The van der Waals surface area contributed by atoms with Crippen molar-refractivity contribution in [1.29, 1.82) is 0 Å². The van der Waals surface area contributed by atoms with Crippen molar-refractivity contribution in [3.8, 4) is 0 Å². The number of aromatic nitrogens is 2. The van der Waals surface area contributed by atoms with Crippen LogP contribution in [0.1, 0.15) is 23.0 Å². The normalized spacial score (nSPS) is 16.5. The molecule has 30 heavy (non-hydrogen) atoms. The van der Waals surface area contributed by atoms with Gasteiger partial charge >= 0.3 is 6.03 Å². The van der Waals surface area contributed by atoms with Crippen molar-refractivity contribution in [2.75, 3.05) is 0 Å². The average Bonchev–Trinajstić information content (AvgIpc) is 3.19. The van der Waals surface area contributed by atoms with Crippen molar-refractivity contribution < 1.29 is 13.6 Å². The summed E-state index contributed by atoms with van der Waals surface area (Å²) in [7, 11) is 0. The van der Waals surface area contributed by atoms with E-state index in [1.807, 2.05) is 54.6 Å². The molecule has 5 nitrogen and oxygen atoms in total. The van der Waals surface area contributed by atoms with E-state index in [0.29, 0.717) is 22.7 Å². The fourth-order valence-electron chi connectivity index (χ4n) is 3.67. The van der Waals surface area contributed by atoms with E-state index in [-0.39, 0.29) is 0 Å². The van der Waals surface area contributed by atoms with Crippen LogP contribution in [-0.4, -0.2) is 16.0 Å². The maximum atomic E-state index is 14.0. The number of nitrogens with zero attached hydrogens (tertiary/aromatic N) is 1. The number of halogens is 2. The first-order valence-corrected chi connectivity index (χ1v) is 9.37. The zero-order valence-electron chi connectivity index (χ0n) is 15.6. The number of benzene rings is 3. The number of amides is 2. The van der Waals surface area contributed by atoms with Crippen LogP contribution in [0.3, 0.4) is 0 Å². The molecule has 1 aromatic heterocycles. The summed E-state index contributed by atoms with van der Waals surface area (Å²) in [5.74, 6) is -1.40. The lowest BCUT2D eigenvalue weighted by Crippen LogP contribution is -2.43. The van der Waals surface area contributed by atoms with Crippen LogP contribution in [-0.2, 0) is 0 Å². The molecular formula is C23H16F2N4O. The number of H-pyrrole nitrogens is 1. The van der Waals surface area contributed by atoms with Gasteiger partial charge in [0.05, 0.1) is 22.8 Å². The molecule has 1 aliphatic rings. The van der Waals surface area contributed by atoms with Gasteiger partial charge in [-0.1, -0.05) is 48.5 Å². The summed E-state index contributed by atoms with van der Waals surface area (Å²) >= 11 is 0. The van der Waals surface area contributed by atoms with Crippen LogP contribution in [0.4, 0.5) is 13.6 Å². The van der Waals surface area contributed by atoms with Crippen molar-refractivity contribution in [2.45, 2.75) is 6.04 Å². The molecule has 0 saturated carbocycles. The van der Waals surface area contributed by atoms with Crippen LogP contribution >= 0.6 is 0 Å². The quantitative estimate of drug-likeness (QED) is 0.462. The standard InChI is InChI=1S/C23H16F2N4O/c24-15-11-10-14(12-16(15)25)21-19(22-26-17-8-4-5-9-18(17)27-22)20(28-23(30)29-21)13-6-2-1-3-7-13/h1-12,21H,(H,26,27)(H2,28,29,30). The maximum absolute atomic E-state index is 14.0. The number of fused-ring (bicyclic) bond motifs is 1. The van der Waals surface area contributed by atoms with Gasteiger partial charge in [-0.3, -0.25) is 0 Å². The Morgan fingerprint density at radius 2 is 1.63 bits per heavy atom. The number of imidazole rings is 1. The van der Waals surface area contributed by atoms with Crippen LogP contribution in [0, 0.1) is 11.6 Å². The molecule has 0 radical (unpaired) electrons. The first kappa shape index (κ1) is 18.1. The summed E-state index contributed by atoms with van der Waals surface area (Å²) in [6.45, 7) is 0. The summed E-state index contributed by atoms with van der Waals surface area (Å²) in [4.78, 5) is 20.4. The molecule has 0 saturated heterocycles. The van der Waals surface area contributed by atoms with E-state index in [0.717, 1.165) is 28.7 Å². The van der Waals surface area contributed by atoms with E-state index >= 15 is 0 Å². The highest BCUT2D eigenvalue weighted by Gasteiger charge is 2.32. The predicted molar refractivity (Wildman–Crippen MR) is 110 cm³/mol. The van der Waals surface area contributed by atoms with Crippen LogP contribution in [0.25, 0.3) is 22.3 Å². The van der Waals surface area contributed by atoms with E-state index in [4.69, 9.17) is 0 Å². The topological polar surface area (TPSA) is 69.8 Å². The highest BCUT2D eigenvalue weighted by atomic mass is 19.2. The number of hydrogen-bond donors (Lipinski definition) is 3. The maximum Gasteiger partial charge on any atom is 0.320 e. The lowest BCUT2D eigenvalue weighted by Gasteiger charge is -2.30. The fraction of sp³-hybridized carbons (Fsp3) is 0.0435. The minimum absolute atomic E-state index is 0.410. The van der Waals surface area contributed by atoms with Gasteiger partial charge in [0, 0.05) is 5.57 Å². The molecule has 0 bridgehead atoms. The van der Waals surface area contributed by atoms with Gasteiger partial charge in [-0.25, -0.2) is 18.6 Å². The van der Waals surface area contributed by atoms with E-state index in [9.17, 15) is 13.6 Å². The number of urea groups is 1. The fourth-order valence-corrected chi connectivity index (χ4v) is 3.67. The molecule has 0 aliphatic carbocycles. The highest BCUT2D eigenvalue weighted by Crippen LogP contribution is 2.37. The van der Waals surface area contributed by atoms with Gasteiger partial charge in [-0.05, 0) is 35.4 Å². The second kappa shape index (κ2) is 7.11. The Morgan fingerprint density at radius 1 is 0.867 bits per heavy atom. The second-order valence-electron chi connectivity index (χ2n) is 6.96. The minimum atomic E-state index is -0.981. The third-order valence-corrected chi connectivity index (χ3v) is 5.06. The molecule has 0 fully saturated rings. The average molecular weight is 402 g/mol. The Hall–Kier alpha value is -4.00. The number of nitrogens with one attached hydrogen (secondary N) is 3. The molecule has 4 aromatic rings. The lowest BCUT2D eigenvalue weighted by molar-refractivity contribution is 0.242. The summed E-state index contributed by atoms with van der Waals surface area (Å²) in [6.07, 6.45) is 0. The van der Waals surface area contributed by atoms with Crippen molar-refractivity contribution >= 4 is 28.3 Å². The number of carbonyl (C=O) groups excluding carboxylic acids is 1.